The molecule has 0 bridgehead atoms. The first kappa shape index (κ1) is 15.3. The van der Waals surface area contributed by atoms with Gasteiger partial charge >= 0.3 is 0 Å². The largest absolute Gasteiger partial charge is 0.398 e. The van der Waals surface area contributed by atoms with E-state index in [1.807, 2.05) is 13.8 Å². The minimum atomic E-state index is -3.48. The molecule has 0 aromatic heterocycles. The number of nitrogens with zero attached hydrogens (tertiary/aromatic N) is 2. The van der Waals surface area contributed by atoms with Crippen LogP contribution in [0.3, 0.4) is 0 Å². The molecular weight excluding hydrogens is 274 g/mol. The Kier molecular flexibility index (Phi) is 4.36. The summed E-state index contributed by atoms with van der Waals surface area (Å²) in [5, 5.41) is 0. The molecule has 0 atom stereocenters. The maximum atomic E-state index is 12.7. The number of benzene rings is 1. The molecule has 1 aromatic carbocycles. The number of nitrogens with two attached hydrogens (primary N) is 1. The normalized spacial score (nSPS) is 18.4. The molecule has 0 amide bonds. The van der Waals surface area contributed by atoms with Gasteiger partial charge in [-0.2, -0.15) is 4.31 Å². The maximum absolute atomic E-state index is 12.7. The van der Waals surface area contributed by atoms with Crippen LogP contribution in [-0.4, -0.2) is 50.3 Å². The summed E-state index contributed by atoms with van der Waals surface area (Å²) in [4.78, 5) is 2.49. The smallest absolute Gasteiger partial charge is 0.245 e. The SMILES string of the molecule is CCN1CCN(S(=O)(=O)c2cc(C)c(C)cc2N)CC1. The van der Waals surface area contributed by atoms with Crippen molar-refractivity contribution in [1.82, 2.24) is 9.21 Å². The fraction of sp³-hybridized carbons (Fsp3) is 0.571. The number of aryl methyl sites for hydroxylation is 2. The molecule has 1 saturated heterocycles. The van der Waals surface area contributed by atoms with Gasteiger partial charge in [0.25, 0.3) is 0 Å². The van der Waals surface area contributed by atoms with Crippen molar-refractivity contribution < 1.29 is 8.42 Å². The molecule has 2 N–H and O–H groups in total. The lowest BCUT2D eigenvalue weighted by Crippen LogP contribution is -2.48. The molecule has 0 spiro atoms. The van der Waals surface area contributed by atoms with Crippen LogP contribution in [-0.2, 0) is 10.0 Å². The van der Waals surface area contributed by atoms with Gasteiger partial charge in [-0.15, -0.1) is 0 Å². The fourth-order valence-corrected chi connectivity index (χ4v) is 4.07. The minimum Gasteiger partial charge on any atom is -0.398 e. The average Bonchev–Trinajstić information content (AvgIpc) is 2.42. The summed E-state index contributed by atoms with van der Waals surface area (Å²) in [6.07, 6.45) is 0. The zero-order valence-corrected chi connectivity index (χ0v) is 13.2. The monoisotopic (exact) mass is 297 g/mol. The molecule has 5 nitrogen and oxygen atoms in total. The third-order valence-electron chi connectivity index (χ3n) is 4.02. The predicted molar refractivity (Wildman–Crippen MR) is 81.2 cm³/mol. The standard InChI is InChI=1S/C14H23N3O2S/c1-4-16-5-7-17(8-6-16)20(18,19)14-10-12(3)11(2)9-13(14)15/h9-10H,4-8,15H2,1-3H3. The van der Waals surface area contributed by atoms with Crippen molar-refractivity contribution in [2.24, 2.45) is 0 Å². The van der Waals surface area contributed by atoms with Gasteiger partial charge < -0.3 is 10.6 Å². The summed E-state index contributed by atoms with van der Waals surface area (Å²) in [6, 6.07) is 3.43. The van der Waals surface area contributed by atoms with E-state index >= 15 is 0 Å². The van der Waals surface area contributed by atoms with Gasteiger partial charge in [-0.3, -0.25) is 0 Å². The number of nitrogen functional groups attached to an aromatic ring is 1. The Labute approximate surface area is 121 Å². The molecule has 0 unspecified atom stereocenters. The van der Waals surface area contributed by atoms with Crippen LogP contribution < -0.4 is 5.73 Å². The summed E-state index contributed by atoms with van der Waals surface area (Å²) in [5.41, 5.74) is 8.22. The first-order valence-electron chi connectivity index (χ1n) is 6.95. The molecule has 0 saturated carbocycles. The number of hydrogen-bond acceptors (Lipinski definition) is 4. The van der Waals surface area contributed by atoms with Crippen LogP contribution in [0.1, 0.15) is 18.1 Å². The van der Waals surface area contributed by atoms with Gasteiger partial charge in [-0.25, -0.2) is 8.42 Å². The maximum Gasteiger partial charge on any atom is 0.245 e. The molecule has 0 aliphatic carbocycles. The average molecular weight is 297 g/mol. The lowest BCUT2D eigenvalue weighted by Gasteiger charge is -2.33. The highest BCUT2D eigenvalue weighted by atomic mass is 32.2. The molecular formula is C14H23N3O2S. The van der Waals surface area contributed by atoms with Crippen molar-refractivity contribution in [1.29, 1.82) is 0 Å². The zero-order valence-electron chi connectivity index (χ0n) is 12.4. The first-order chi connectivity index (χ1) is 9.36. The van der Waals surface area contributed by atoms with Crippen molar-refractivity contribution in [3.63, 3.8) is 0 Å². The van der Waals surface area contributed by atoms with Gasteiger partial charge in [0.05, 0.1) is 5.69 Å². The molecule has 1 fully saturated rings. The third kappa shape index (κ3) is 2.82. The van der Waals surface area contributed by atoms with Crippen LogP contribution >= 0.6 is 0 Å². The summed E-state index contributed by atoms with van der Waals surface area (Å²) in [7, 11) is -3.48. The van der Waals surface area contributed by atoms with Gasteiger partial charge in [-0.1, -0.05) is 6.92 Å². The Morgan fingerprint density at radius 2 is 1.65 bits per heavy atom. The van der Waals surface area contributed by atoms with Crippen LogP contribution in [0.5, 0.6) is 0 Å². The van der Waals surface area contributed by atoms with Crippen molar-refractivity contribution in [3.8, 4) is 0 Å². The Balaban J connectivity index is 2.30. The van der Waals surface area contributed by atoms with Crippen molar-refractivity contribution in [2.45, 2.75) is 25.7 Å². The second-order valence-corrected chi connectivity index (χ2v) is 7.22. The van der Waals surface area contributed by atoms with Crippen LogP contribution in [0, 0.1) is 13.8 Å². The fourth-order valence-electron chi connectivity index (χ4n) is 2.46. The highest BCUT2D eigenvalue weighted by molar-refractivity contribution is 7.89. The van der Waals surface area contributed by atoms with Crippen molar-refractivity contribution in [3.05, 3.63) is 23.3 Å². The molecule has 2 rings (SSSR count). The van der Waals surface area contributed by atoms with Gasteiger partial charge in [0.15, 0.2) is 0 Å². The highest BCUT2D eigenvalue weighted by Gasteiger charge is 2.29. The van der Waals surface area contributed by atoms with E-state index in [1.54, 1.807) is 16.4 Å². The van der Waals surface area contributed by atoms with Gasteiger partial charge in [0.1, 0.15) is 4.90 Å². The number of rotatable bonds is 3. The summed E-state index contributed by atoms with van der Waals surface area (Å²) >= 11 is 0. The summed E-state index contributed by atoms with van der Waals surface area (Å²) < 4.78 is 26.9. The highest BCUT2D eigenvalue weighted by Crippen LogP contribution is 2.26. The quantitative estimate of drug-likeness (QED) is 0.852. The lowest BCUT2D eigenvalue weighted by molar-refractivity contribution is 0.196. The Hall–Kier alpha value is -1.11. The van der Waals surface area contributed by atoms with Gasteiger partial charge in [0.2, 0.25) is 10.0 Å². The number of anilines is 1. The van der Waals surface area contributed by atoms with Crippen molar-refractivity contribution in [2.75, 3.05) is 38.5 Å². The van der Waals surface area contributed by atoms with Crippen LogP contribution in [0.4, 0.5) is 5.69 Å². The molecule has 1 aromatic rings. The second-order valence-electron chi connectivity index (χ2n) is 5.31. The molecule has 1 aliphatic rings. The molecule has 0 radical (unpaired) electrons. The van der Waals surface area contributed by atoms with E-state index in [1.165, 1.54) is 0 Å². The zero-order chi connectivity index (χ0) is 14.9. The van der Waals surface area contributed by atoms with E-state index in [9.17, 15) is 8.42 Å². The summed E-state index contributed by atoms with van der Waals surface area (Å²) in [5.74, 6) is 0. The molecule has 1 aliphatic heterocycles. The van der Waals surface area contributed by atoms with Crippen LogP contribution in [0.15, 0.2) is 17.0 Å². The Bertz CT molecular complexity index is 591. The van der Waals surface area contributed by atoms with Gasteiger partial charge in [-0.05, 0) is 43.7 Å². The lowest BCUT2D eigenvalue weighted by atomic mass is 10.1. The molecule has 6 heteroatoms. The predicted octanol–water partition coefficient (Wildman–Crippen LogP) is 1.21. The number of sulfonamides is 1. The van der Waals surface area contributed by atoms with E-state index < -0.39 is 10.0 Å². The van der Waals surface area contributed by atoms with E-state index in [0.29, 0.717) is 18.8 Å². The van der Waals surface area contributed by atoms with E-state index in [4.69, 9.17) is 5.73 Å². The molecule has 1 heterocycles. The molecule has 20 heavy (non-hydrogen) atoms. The minimum absolute atomic E-state index is 0.241. The Morgan fingerprint density at radius 3 is 2.20 bits per heavy atom. The second kappa shape index (κ2) is 5.71. The van der Waals surface area contributed by atoms with E-state index in [-0.39, 0.29) is 4.90 Å². The summed E-state index contributed by atoms with van der Waals surface area (Å²) in [6.45, 7) is 9.50. The molecule has 112 valence electrons. The van der Waals surface area contributed by atoms with E-state index in [0.717, 1.165) is 30.8 Å². The van der Waals surface area contributed by atoms with E-state index in [2.05, 4.69) is 11.8 Å². The topological polar surface area (TPSA) is 66.6 Å². The third-order valence-corrected chi connectivity index (χ3v) is 5.98. The van der Waals surface area contributed by atoms with Crippen molar-refractivity contribution >= 4 is 15.7 Å². The van der Waals surface area contributed by atoms with Gasteiger partial charge in [0, 0.05) is 26.2 Å². The van der Waals surface area contributed by atoms with Crippen LogP contribution in [0.25, 0.3) is 0 Å². The Morgan fingerprint density at radius 1 is 1.10 bits per heavy atom. The number of hydrogen-bond donors (Lipinski definition) is 1. The number of likely N-dealkylation sites (N-methyl/N-ethyl adjacent to an activating group) is 1. The number of piperazine rings is 1. The first-order valence-corrected chi connectivity index (χ1v) is 8.39. The van der Waals surface area contributed by atoms with Crippen LogP contribution in [0.2, 0.25) is 0 Å².